The van der Waals surface area contributed by atoms with Crippen molar-refractivity contribution < 1.29 is 18.0 Å². The minimum absolute atomic E-state index is 0.142. The number of hydrogen-bond acceptors (Lipinski definition) is 4. The predicted octanol–water partition coefficient (Wildman–Crippen LogP) is 2.88. The fourth-order valence-electron chi connectivity index (χ4n) is 3.22. The third kappa shape index (κ3) is 5.56. The summed E-state index contributed by atoms with van der Waals surface area (Å²) in [5.41, 5.74) is 1.05. The molecule has 1 aliphatic heterocycles. The molecule has 3 rings (SSSR count). The number of halogens is 1. The van der Waals surface area contributed by atoms with Crippen LogP contribution >= 0.6 is 11.6 Å². The Labute approximate surface area is 175 Å². The summed E-state index contributed by atoms with van der Waals surface area (Å²) in [6.07, 6.45) is 1.04. The molecule has 0 aromatic heterocycles. The van der Waals surface area contributed by atoms with Crippen LogP contribution in [0.2, 0.25) is 5.02 Å². The van der Waals surface area contributed by atoms with Crippen molar-refractivity contribution >= 4 is 39.1 Å². The lowest BCUT2D eigenvalue weighted by molar-refractivity contribution is -0.114. The summed E-state index contributed by atoms with van der Waals surface area (Å²) in [5.74, 6) is -0.348. The number of benzene rings is 2. The van der Waals surface area contributed by atoms with Crippen molar-refractivity contribution in [2.45, 2.75) is 30.7 Å². The number of carbonyl (C=O) groups excluding carboxylic acids is 2. The van der Waals surface area contributed by atoms with Crippen LogP contribution in [0.3, 0.4) is 0 Å². The molecule has 7 nitrogen and oxygen atoms in total. The summed E-state index contributed by atoms with van der Waals surface area (Å²) in [7, 11) is -3.64. The Morgan fingerprint density at radius 2 is 1.72 bits per heavy atom. The number of sulfonamides is 1. The second-order valence-electron chi connectivity index (χ2n) is 6.90. The van der Waals surface area contributed by atoms with Gasteiger partial charge in [0, 0.05) is 42.3 Å². The average molecular weight is 436 g/mol. The highest BCUT2D eigenvalue weighted by Gasteiger charge is 2.27. The van der Waals surface area contributed by atoms with Crippen molar-refractivity contribution in [1.82, 2.24) is 9.62 Å². The highest BCUT2D eigenvalue weighted by Crippen LogP contribution is 2.19. The first kappa shape index (κ1) is 21.3. The standard InChI is InChI=1S/C20H22ClN3O4S/c1-14(25)22-18-4-2-3-15(13-18)20(26)24-11-9-17(10-12-24)23-29(27,28)19-7-5-16(21)6-8-19/h2-8,13,17,23H,9-12H2,1H3,(H,22,25). The summed E-state index contributed by atoms with van der Waals surface area (Å²) >= 11 is 5.81. The summed E-state index contributed by atoms with van der Waals surface area (Å²) in [6, 6.07) is 12.5. The molecule has 0 aliphatic carbocycles. The normalized spacial score (nSPS) is 15.2. The van der Waals surface area contributed by atoms with Crippen LogP contribution < -0.4 is 10.0 Å². The number of likely N-dealkylation sites (tertiary alicyclic amines) is 1. The molecule has 9 heteroatoms. The van der Waals surface area contributed by atoms with Gasteiger partial charge in [0.2, 0.25) is 15.9 Å². The first-order valence-electron chi connectivity index (χ1n) is 9.19. The van der Waals surface area contributed by atoms with Gasteiger partial charge in [-0.1, -0.05) is 17.7 Å². The smallest absolute Gasteiger partial charge is 0.253 e. The van der Waals surface area contributed by atoms with E-state index >= 15 is 0 Å². The zero-order valence-corrected chi connectivity index (χ0v) is 17.5. The molecule has 29 heavy (non-hydrogen) atoms. The van der Waals surface area contributed by atoms with E-state index in [2.05, 4.69) is 10.0 Å². The number of nitrogens with zero attached hydrogens (tertiary/aromatic N) is 1. The zero-order chi connectivity index (χ0) is 21.0. The Morgan fingerprint density at radius 1 is 1.07 bits per heavy atom. The maximum Gasteiger partial charge on any atom is 0.253 e. The zero-order valence-electron chi connectivity index (χ0n) is 15.9. The molecule has 0 radical (unpaired) electrons. The van der Waals surface area contributed by atoms with E-state index in [9.17, 15) is 18.0 Å². The third-order valence-corrected chi connectivity index (χ3v) is 6.45. The first-order valence-corrected chi connectivity index (χ1v) is 11.1. The monoisotopic (exact) mass is 435 g/mol. The molecule has 1 saturated heterocycles. The molecular formula is C20H22ClN3O4S. The molecule has 0 bridgehead atoms. The van der Waals surface area contributed by atoms with Crippen LogP contribution in [0.1, 0.15) is 30.1 Å². The van der Waals surface area contributed by atoms with E-state index in [0.717, 1.165) is 0 Å². The van der Waals surface area contributed by atoms with Crippen molar-refractivity contribution in [3.8, 4) is 0 Å². The number of piperidine rings is 1. The molecule has 2 aromatic rings. The van der Waals surface area contributed by atoms with Crippen LogP contribution in [-0.2, 0) is 14.8 Å². The van der Waals surface area contributed by atoms with Crippen molar-refractivity contribution in [1.29, 1.82) is 0 Å². The Kier molecular flexibility index (Phi) is 6.56. The van der Waals surface area contributed by atoms with Crippen LogP contribution in [-0.4, -0.2) is 44.3 Å². The number of carbonyl (C=O) groups is 2. The van der Waals surface area contributed by atoms with Crippen molar-refractivity contribution in [2.24, 2.45) is 0 Å². The lowest BCUT2D eigenvalue weighted by Gasteiger charge is -2.32. The minimum atomic E-state index is -3.64. The lowest BCUT2D eigenvalue weighted by atomic mass is 10.0. The van der Waals surface area contributed by atoms with Crippen molar-refractivity contribution in [2.75, 3.05) is 18.4 Å². The van der Waals surface area contributed by atoms with Gasteiger partial charge in [0.05, 0.1) is 4.90 Å². The predicted molar refractivity (Wildman–Crippen MR) is 111 cm³/mol. The second-order valence-corrected chi connectivity index (χ2v) is 9.05. The van der Waals surface area contributed by atoms with Gasteiger partial charge in [-0.25, -0.2) is 13.1 Å². The third-order valence-electron chi connectivity index (χ3n) is 4.66. The summed E-state index contributed by atoms with van der Waals surface area (Å²) < 4.78 is 27.7. The summed E-state index contributed by atoms with van der Waals surface area (Å²) in [5, 5.41) is 3.13. The molecule has 154 valence electrons. The number of hydrogen-bond donors (Lipinski definition) is 2. The highest BCUT2D eigenvalue weighted by molar-refractivity contribution is 7.89. The van der Waals surface area contributed by atoms with Crippen LogP contribution in [0.4, 0.5) is 5.69 Å². The molecular weight excluding hydrogens is 414 g/mol. The van der Waals surface area contributed by atoms with E-state index in [4.69, 9.17) is 11.6 Å². The van der Waals surface area contributed by atoms with Gasteiger partial charge in [-0.2, -0.15) is 0 Å². The molecule has 1 aliphatic rings. The van der Waals surface area contributed by atoms with Gasteiger partial charge in [-0.3, -0.25) is 9.59 Å². The Bertz CT molecular complexity index is 1000. The first-order chi connectivity index (χ1) is 13.7. The molecule has 0 spiro atoms. The van der Waals surface area contributed by atoms with Gasteiger partial charge in [0.1, 0.15) is 0 Å². The van der Waals surface area contributed by atoms with Gasteiger partial charge in [0.25, 0.3) is 5.91 Å². The van der Waals surface area contributed by atoms with Crippen molar-refractivity contribution in [3.05, 3.63) is 59.1 Å². The Balaban J connectivity index is 1.59. The lowest BCUT2D eigenvalue weighted by Crippen LogP contribution is -2.46. The molecule has 2 aromatic carbocycles. The molecule has 2 N–H and O–H groups in total. The summed E-state index contributed by atoms with van der Waals surface area (Å²) in [6.45, 7) is 2.29. The quantitative estimate of drug-likeness (QED) is 0.754. The minimum Gasteiger partial charge on any atom is -0.339 e. The molecule has 2 amide bonds. The molecule has 1 heterocycles. The van der Waals surface area contributed by atoms with E-state index in [1.165, 1.54) is 31.2 Å². The summed E-state index contributed by atoms with van der Waals surface area (Å²) in [4.78, 5) is 25.8. The van der Waals surface area contributed by atoms with E-state index in [1.807, 2.05) is 0 Å². The Morgan fingerprint density at radius 3 is 2.34 bits per heavy atom. The number of anilines is 1. The van der Waals surface area contributed by atoms with E-state index < -0.39 is 10.0 Å². The Hall–Kier alpha value is -2.42. The highest BCUT2D eigenvalue weighted by atomic mass is 35.5. The van der Waals surface area contributed by atoms with Gasteiger partial charge in [-0.15, -0.1) is 0 Å². The largest absolute Gasteiger partial charge is 0.339 e. The van der Waals surface area contributed by atoms with Gasteiger partial charge in [0.15, 0.2) is 0 Å². The SMILES string of the molecule is CC(=O)Nc1cccc(C(=O)N2CCC(NS(=O)(=O)c3ccc(Cl)cc3)CC2)c1. The molecule has 0 unspecified atom stereocenters. The van der Waals surface area contributed by atoms with Gasteiger partial charge < -0.3 is 10.2 Å². The molecule has 0 atom stereocenters. The van der Waals surface area contributed by atoms with E-state index in [1.54, 1.807) is 29.2 Å². The van der Waals surface area contributed by atoms with Crippen LogP contribution in [0.25, 0.3) is 0 Å². The maximum absolute atomic E-state index is 12.7. The topological polar surface area (TPSA) is 95.6 Å². The fourth-order valence-corrected chi connectivity index (χ4v) is 4.65. The van der Waals surface area contributed by atoms with Crippen LogP contribution in [0.15, 0.2) is 53.4 Å². The number of amides is 2. The second kappa shape index (κ2) is 8.94. The average Bonchev–Trinajstić information content (AvgIpc) is 2.68. The molecule has 0 saturated carbocycles. The molecule has 1 fully saturated rings. The maximum atomic E-state index is 12.7. The number of rotatable bonds is 5. The van der Waals surface area contributed by atoms with Gasteiger partial charge in [-0.05, 0) is 55.3 Å². The van der Waals surface area contributed by atoms with E-state index in [0.29, 0.717) is 42.2 Å². The fraction of sp³-hybridized carbons (Fsp3) is 0.300. The number of nitrogens with one attached hydrogen (secondary N) is 2. The van der Waals surface area contributed by atoms with Crippen molar-refractivity contribution in [3.63, 3.8) is 0 Å². The van der Waals surface area contributed by atoms with Crippen LogP contribution in [0.5, 0.6) is 0 Å². The van der Waals surface area contributed by atoms with Gasteiger partial charge >= 0.3 is 0 Å². The van der Waals surface area contributed by atoms with Crippen LogP contribution in [0, 0.1) is 0 Å². The van der Waals surface area contributed by atoms with E-state index in [-0.39, 0.29) is 22.8 Å².